The lowest BCUT2D eigenvalue weighted by atomic mass is 10.2. The molecular weight excluding hydrogens is 230 g/mol. The Kier molecular flexibility index (Phi) is 4.52. The fraction of sp³-hybridized carbons (Fsp3) is 0.538. The maximum Gasteiger partial charge on any atom is 0.252 e. The standard InChI is InChI=1S/C13H19N3O2/c17-9-3-6-14-13(18)11-4-5-12(15-10-11)16-7-1-2-8-16/h4-5,10,17H,1-3,6-9H2,(H,14,18). The number of amides is 1. The molecule has 98 valence electrons. The molecule has 1 amide bonds. The summed E-state index contributed by atoms with van der Waals surface area (Å²) in [6.45, 7) is 2.68. The molecule has 0 spiro atoms. The Morgan fingerprint density at radius 3 is 2.78 bits per heavy atom. The minimum atomic E-state index is -0.135. The highest BCUT2D eigenvalue weighted by molar-refractivity contribution is 5.94. The molecule has 1 saturated heterocycles. The van der Waals surface area contributed by atoms with Crippen LogP contribution in [0.3, 0.4) is 0 Å². The number of hydrogen-bond donors (Lipinski definition) is 2. The number of rotatable bonds is 5. The Labute approximate surface area is 107 Å². The van der Waals surface area contributed by atoms with E-state index in [1.54, 1.807) is 12.3 Å². The molecule has 0 unspecified atom stereocenters. The second kappa shape index (κ2) is 6.35. The van der Waals surface area contributed by atoms with Gasteiger partial charge in [-0.2, -0.15) is 0 Å². The lowest BCUT2D eigenvalue weighted by Crippen LogP contribution is -2.25. The van der Waals surface area contributed by atoms with Gasteiger partial charge in [0.15, 0.2) is 0 Å². The van der Waals surface area contributed by atoms with Gasteiger partial charge in [0.05, 0.1) is 5.56 Å². The smallest absolute Gasteiger partial charge is 0.252 e. The van der Waals surface area contributed by atoms with Crippen LogP contribution in [0.5, 0.6) is 0 Å². The summed E-state index contributed by atoms with van der Waals surface area (Å²) in [5, 5.41) is 11.4. The number of carbonyl (C=O) groups excluding carboxylic acids is 1. The van der Waals surface area contributed by atoms with E-state index in [0.29, 0.717) is 18.5 Å². The molecule has 1 aliphatic heterocycles. The number of nitrogens with zero attached hydrogens (tertiary/aromatic N) is 2. The quantitative estimate of drug-likeness (QED) is 0.757. The Bertz CT molecular complexity index is 386. The van der Waals surface area contributed by atoms with Crippen molar-refractivity contribution >= 4 is 11.7 Å². The van der Waals surface area contributed by atoms with Crippen LogP contribution in [-0.4, -0.2) is 42.2 Å². The van der Waals surface area contributed by atoms with Gasteiger partial charge in [-0.1, -0.05) is 0 Å². The molecule has 0 radical (unpaired) electrons. The highest BCUT2D eigenvalue weighted by Gasteiger charge is 2.13. The van der Waals surface area contributed by atoms with Crippen molar-refractivity contribution in [2.24, 2.45) is 0 Å². The average Bonchev–Trinajstić information content (AvgIpc) is 2.93. The molecule has 2 rings (SSSR count). The van der Waals surface area contributed by atoms with Crippen molar-refractivity contribution in [2.75, 3.05) is 31.1 Å². The van der Waals surface area contributed by atoms with E-state index in [2.05, 4.69) is 15.2 Å². The Balaban J connectivity index is 1.92. The SMILES string of the molecule is O=C(NCCCO)c1ccc(N2CCCC2)nc1. The summed E-state index contributed by atoms with van der Waals surface area (Å²) in [7, 11) is 0. The number of anilines is 1. The summed E-state index contributed by atoms with van der Waals surface area (Å²) in [4.78, 5) is 18.3. The van der Waals surface area contributed by atoms with E-state index in [-0.39, 0.29) is 12.5 Å². The summed E-state index contributed by atoms with van der Waals surface area (Å²) in [6, 6.07) is 3.70. The van der Waals surface area contributed by atoms with Gasteiger partial charge in [0, 0.05) is 32.4 Å². The van der Waals surface area contributed by atoms with Gasteiger partial charge < -0.3 is 15.3 Å². The van der Waals surface area contributed by atoms with Crippen LogP contribution >= 0.6 is 0 Å². The Hall–Kier alpha value is -1.62. The monoisotopic (exact) mass is 249 g/mol. The maximum absolute atomic E-state index is 11.7. The van der Waals surface area contributed by atoms with E-state index in [4.69, 9.17) is 5.11 Å². The Morgan fingerprint density at radius 1 is 1.39 bits per heavy atom. The molecule has 1 fully saturated rings. The number of nitrogens with one attached hydrogen (secondary N) is 1. The number of aromatic nitrogens is 1. The molecule has 1 aliphatic rings. The summed E-state index contributed by atoms with van der Waals surface area (Å²) in [6.07, 6.45) is 4.61. The van der Waals surface area contributed by atoms with Gasteiger partial charge in [-0.05, 0) is 31.4 Å². The first-order valence-electron chi connectivity index (χ1n) is 6.41. The van der Waals surface area contributed by atoms with Crippen molar-refractivity contribution in [2.45, 2.75) is 19.3 Å². The van der Waals surface area contributed by atoms with Gasteiger partial charge in [-0.3, -0.25) is 4.79 Å². The van der Waals surface area contributed by atoms with Crippen LogP contribution in [0.4, 0.5) is 5.82 Å². The molecular formula is C13H19N3O2. The van der Waals surface area contributed by atoms with Gasteiger partial charge in [-0.15, -0.1) is 0 Å². The van der Waals surface area contributed by atoms with Gasteiger partial charge in [-0.25, -0.2) is 4.98 Å². The third-order valence-corrected chi connectivity index (χ3v) is 3.06. The minimum Gasteiger partial charge on any atom is -0.396 e. The lowest BCUT2D eigenvalue weighted by molar-refractivity contribution is 0.0951. The van der Waals surface area contributed by atoms with Gasteiger partial charge >= 0.3 is 0 Å². The van der Waals surface area contributed by atoms with Crippen LogP contribution in [-0.2, 0) is 0 Å². The van der Waals surface area contributed by atoms with Crippen LogP contribution in [0, 0.1) is 0 Å². The van der Waals surface area contributed by atoms with Crippen molar-refractivity contribution in [3.8, 4) is 0 Å². The minimum absolute atomic E-state index is 0.0897. The third-order valence-electron chi connectivity index (χ3n) is 3.06. The first kappa shape index (κ1) is 12.8. The molecule has 5 nitrogen and oxygen atoms in total. The summed E-state index contributed by atoms with van der Waals surface area (Å²) in [5.41, 5.74) is 0.566. The fourth-order valence-electron chi connectivity index (χ4n) is 2.04. The van der Waals surface area contributed by atoms with Crippen LogP contribution in [0.15, 0.2) is 18.3 Å². The van der Waals surface area contributed by atoms with Crippen LogP contribution < -0.4 is 10.2 Å². The Morgan fingerprint density at radius 2 is 2.17 bits per heavy atom. The van der Waals surface area contributed by atoms with Crippen LogP contribution in [0.1, 0.15) is 29.6 Å². The molecule has 0 saturated carbocycles. The number of carbonyl (C=O) groups is 1. The van der Waals surface area contributed by atoms with Crippen molar-refractivity contribution in [1.82, 2.24) is 10.3 Å². The van der Waals surface area contributed by atoms with E-state index in [1.165, 1.54) is 12.8 Å². The largest absolute Gasteiger partial charge is 0.396 e. The third kappa shape index (κ3) is 3.20. The van der Waals surface area contributed by atoms with Crippen molar-refractivity contribution in [1.29, 1.82) is 0 Å². The van der Waals surface area contributed by atoms with E-state index < -0.39 is 0 Å². The molecule has 2 heterocycles. The number of aliphatic hydroxyl groups excluding tert-OH is 1. The van der Waals surface area contributed by atoms with E-state index >= 15 is 0 Å². The maximum atomic E-state index is 11.7. The molecule has 2 N–H and O–H groups in total. The van der Waals surface area contributed by atoms with Crippen molar-refractivity contribution in [3.63, 3.8) is 0 Å². The van der Waals surface area contributed by atoms with E-state index in [9.17, 15) is 4.79 Å². The highest BCUT2D eigenvalue weighted by atomic mass is 16.3. The zero-order chi connectivity index (χ0) is 12.8. The topological polar surface area (TPSA) is 65.5 Å². The van der Waals surface area contributed by atoms with Crippen LogP contribution in [0.25, 0.3) is 0 Å². The van der Waals surface area contributed by atoms with Gasteiger partial charge in [0.2, 0.25) is 0 Å². The first-order chi connectivity index (χ1) is 8.81. The number of pyridine rings is 1. The molecule has 18 heavy (non-hydrogen) atoms. The molecule has 5 heteroatoms. The molecule has 0 atom stereocenters. The highest BCUT2D eigenvalue weighted by Crippen LogP contribution is 2.17. The number of aliphatic hydroxyl groups is 1. The molecule has 1 aromatic heterocycles. The second-order valence-electron chi connectivity index (χ2n) is 4.43. The molecule has 0 aliphatic carbocycles. The van der Waals surface area contributed by atoms with E-state index in [1.807, 2.05) is 6.07 Å². The molecule has 0 aromatic carbocycles. The van der Waals surface area contributed by atoms with Crippen molar-refractivity contribution < 1.29 is 9.90 Å². The predicted octanol–water partition coefficient (Wildman–Crippen LogP) is 0.794. The van der Waals surface area contributed by atoms with Crippen molar-refractivity contribution in [3.05, 3.63) is 23.9 Å². The molecule has 0 bridgehead atoms. The first-order valence-corrected chi connectivity index (χ1v) is 6.41. The number of hydrogen-bond acceptors (Lipinski definition) is 4. The fourth-order valence-corrected chi connectivity index (χ4v) is 2.04. The summed E-state index contributed by atoms with van der Waals surface area (Å²) in [5.74, 6) is 0.809. The average molecular weight is 249 g/mol. The second-order valence-corrected chi connectivity index (χ2v) is 4.43. The zero-order valence-electron chi connectivity index (χ0n) is 10.4. The van der Waals surface area contributed by atoms with E-state index in [0.717, 1.165) is 18.9 Å². The predicted molar refractivity (Wildman–Crippen MR) is 69.7 cm³/mol. The van der Waals surface area contributed by atoms with Crippen LogP contribution in [0.2, 0.25) is 0 Å². The summed E-state index contributed by atoms with van der Waals surface area (Å²) < 4.78 is 0. The lowest BCUT2D eigenvalue weighted by Gasteiger charge is -2.16. The van der Waals surface area contributed by atoms with Gasteiger partial charge in [0.25, 0.3) is 5.91 Å². The zero-order valence-corrected chi connectivity index (χ0v) is 10.4. The normalized spacial score (nSPS) is 14.8. The van der Waals surface area contributed by atoms with Gasteiger partial charge in [0.1, 0.15) is 5.82 Å². The molecule has 1 aromatic rings. The summed E-state index contributed by atoms with van der Waals surface area (Å²) >= 11 is 0.